The van der Waals surface area contributed by atoms with Gasteiger partial charge in [0.15, 0.2) is 0 Å². The summed E-state index contributed by atoms with van der Waals surface area (Å²) in [5, 5.41) is 22.4. The first kappa shape index (κ1) is 16.4. The Kier molecular flexibility index (Phi) is 6.15. The molecular weight excluding hydrogens is 278 g/mol. The molecule has 3 amide bonds. The van der Waals surface area contributed by atoms with Crippen LogP contribution in [0, 0.1) is 0 Å². The highest BCUT2D eigenvalue weighted by Crippen LogP contribution is 2.05. The van der Waals surface area contributed by atoms with Crippen LogP contribution >= 0.6 is 0 Å². The number of aliphatic carboxylic acids is 1. The Morgan fingerprint density at radius 2 is 1.81 bits per heavy atom. The van der Waals surface area contributed by atoms with E-state index in [2.05, 4.69) is 10.6 Å². The van der Waals surface area contributed by atoms with Crippen LogP contribution < -0.4 is 16.4 Å². The van der Waals surface area contributed by atoms with Gasteiger partial charge in [-0.1, -0.05) is 12.1 Å². The summed E-state index contributed by atoms with van der Waals surface area (Å²) < 4.78 is 0. The monoisotopic (exact) mass is 295 g/mol. The van der Waals surface area contributed by atoms with E-state index in [4.69, 9.17) is 15.9 Å². The number of amides is 3. The van der Waals surface area contributed by atoms with Crippen LogP contribution in [-0.4, -0.2) is 40.8 Å². The Morgan fingerprint density at radius 1 is 1.19 bits per heavy atom. The number of carbonyl (C=O) groups excluding carboxylic acids is 2. The molecule has 0 spiro atoms. The lowest BCUT2D eigenvalue weighted by molar-refractivity contribution is -0.139. The van der Waals surface area contributed by atoms with Crippen molar-refractivity contribution in [3.05, 3.63) is 35.4 Å². The zero-order chi connectivity index (χ0) is 15.8. The van der Waals surface area contributed by atoms with E-state index >= 15 is 0 Å². The van der Waals surface area contributed by atoms with Crippen molar-refractivity contribution >= 4 is 17.9 Å². The molecule has 6 N–H and O–H groups in total. The second kappa shape index (κ2) is 7.85. The summed E-state index contributed by atoms with van der Waals surface area (Å²) in [6.45, 7) is -0.103. The van der Waals surface area contributed by atoms with Crippen molar-refractivity contribution < 1.29 is 24.6 Å². The number of hydrogen-bond acceptors (Lipinski definition) is 4. The molecule has 1 aromatic rings. The van der Waals surface area contributed by atoms with Crippen molar-refractivity contribution in [1.29, 1.82) is 0 Å². The summed E-state index contributed by atoms with van der Waals surface area (Å²) in [5.74, 6) is -1.76. The number of aliphatic hydroxyl groups excluding tert-OH is 1. The van der Waals surface area contributed by atoms with E-state index in [0.717, 1.165) is 5.56 Å². The maximum atomic E-state index is 11.9. The minimum atomic E-state index is -1.21. The van der Waals surface area contributed by atoms with Crippen LogP contribution in [0.1, 0.15) is 22.3 Å². The van der Waals surface area contributed by atoms with E-state index in [9.17, 15) is 14.4 Å². The van der Waals surface area contributed by atoms with Gasteiger partial charge in [-0.05, 0) is 17.7 Å². The summed E-state index contributed by atoms with van der Waals surface area (Å²) >= 11 is 0. The summed E-state index contributed by atoms with van der Waals surface area (Å²) in [7, 11) is 0. The van der Waals surface area contributed by atoms with Crippen molar-refractivity contribution in [3.63, 3.8) is 0 Å². The number of urea groups is 1. The van der Waals surface area contributed by atoms with Crippen molar-refractivity contribution in [2.24, 2.45) is 5.73 Å². The Labute approximate surface area is 120 Å². The van der Waals surface area contributed by atoms with Gasteiger partial charge in [-0.25, -0.2) is 9.59 Å². The molecule has 0 aliphatic rings. The molecule has 0 aliphatic heterocycles. The summed E-state index contributed by atoms with van der Waals surface area (Å²) in [5.41, 5.74) is 5.97. The molecule has 1 aromatic carbocycles. The van der Waals surface area contributed by atoms with Crippen molar-refractivity contribution in [1.82, 2.24) is 10.6 Å². The van der Waals surface area contributed by atoms with E-state index < -0.39 is 23.9 Å². The third-order valence-electron chi connectivity index (χ3n) is 2.70. The number of hydrogen-bond donors (Lipinski definition) is 5. The van der Waals surface area contributed by atoms with Gasteiger partial charge in [0.1, 0.15) is 6.04 Å². The molecule has 0 saturated heterocycles. The first-order valence-corrected chi connectivity index (χ1v) is 6.20. The van der Waals surface area contributed by atoms with Crippen LogP contribution in [0.3, 0.4) is 0 Å². The van der Waals surface area contributed by atoms with Crippen LogP contribution in [-0.2, 0) is 11.3 Å². The summed E-state index contributed by atoms with van der Waals surface area (Å²) in [6.07, 6.45) is -0.0678. The van der Waals surface area contributed by atoms with Crippen LogP contribution in [0.15, 0.2) is 24.3 Å². The van der Waals surface area contributed by atoms with Gasteiger partial charge in [0, 0.05) is 25.1 Å². The Hall–Kier alpha value is -2.61. The Morgan fingerprint density at radius 3 is 2.29 bits per heavy atom. The van der Waals surface area contributed by atoms with Crippen molar-refractivity contribution in [3.8, 4) is 0 Å². The van der Waals surface area contributed by atoms with E-state index in [1.54, 1.807) is 12.1 Å². The number of rotatable bonds is 7. The van der Waals surface area contributed by atoms with Gasteiger partial charge in [0.25, 0.3) is 5.91 Å². The van der Waals surface area contributed by atoms with Crippen LogP contribution in [0.25, 0.3) is 0 Å². The van der Waals surface area contributed by atoms with Gasteiger partial charge in [-0.3, -0.25) is 4.79 Å². The Balaban J connectivity index is 2.65. The largest absolute Gasteiger partial charge is 0.480 e. The zero-order valence-corrected chi connectivity index (χ0v) is 11.2. The van der Waals surface area contributed by atoms with E-state index in [1.165, 1.54) is 12.1 Å². The van der Waals surface area contributed by atoms with E-state index in [-0.39, 0.29) is 25.1 Å². The smallest absolute Gasteiger partial charge is 0.326 e. The second-order valence-corrected chi connectivity index (χ2v) is 4.29. The SMILES string of the molecule is NC(=O)NCc1ccc(C(=O)NC(CCO)C(=O)O)cc1. The van der Waals surface area contributed by atoms with Crippen LogP contribution in [0.4, 0.5) is 4.79 Å². The van der Waals surface area contributed by atoms with Gasteiger partial charge < -0.3 is 26.6 Å². The number of carbonyl (C=O) groups is 3. The molecule has 0 heterocycles. The number of benzene rings is 1. The fourth-order valence-electron chi connectivity index (χ4n) is 1.59. The topological polar surface area (TPSA) is 142 Å². The minimum absolute atomic E-state index is 0.0678. The highest BCUT2D eigenvalue weighted by atomic mass is 16.4. The highest BCUT2D eigenvalue weighted by Gasteiger charge is 2.19. The summed E-state index contributed by atoms with van der Waals surface area (Å²) in [6, 6.07) is 4.46. The molecule has 0 aromatic heterocycles. The number of nitrogens with two attached hydrogens (primary N) is 1. The fourth-order valence-corrected chi connectivity index (χ4v) is 1.59. The average Bonchev–Trinajstić information content (AvgIpc) is 2.45. The first-order chi connectivity index (χ1) is 9.93. The predicted molar refractivity (Wildman–Crippen MR) is 73.5 cm³/mol. The predicted octanol–water partition coefficient (Wildman–Crippen LogP) is -0.580. The molecular formula is C13H17N3O5. The normalized spacial score (nSPS) is 11.5. The average molecular weight is 295 g/mol. The lowest BCUT2D eigenvalue weighted by Gasteiger charge is -2.13. The molecule has 114 valence electrons. The molecule has 1 atom stereocenters. The maximum Gasteiger partial charge on any atom is 0.326 e. The number of aliphatic hydroxyl groups is 1. The van der Waals surface area contributed by atoms with E-state index in [1.807, 2.05) is 0 Å². The molecule has 8 heteroatoms. The quantitative estimate of drug-likeness (QED) is 0.457. The fraction of sp³-hybridized carbons (Fsp3) is 0.308. The molecule has 0 radical (unpaired) electrons. The molecule has 0 fully saturated rings. The highest BCUT2D eigenvalue weighted by molar-refractivity contribution is 5.96. The molecule has 21 heavy (non-hydrogen) atoms. The number of carboxylic acid groups (broad SMARTS) is 1. The third-order valence-corrected chi connectivity index (χ3v) is 2.70. The third kappa shape index (κ3) is 5.49. The van der Waals surface area contributed by atoms with Gasteiger partial charge >= 0.3 is 12.0 Å². The van der Waals surface area contributed by atoms with Gasteiger partial charge in [0.2, 0.25) is 0 Å². The molecule has 8 nitrogen and oxygen atoms in total. The molecule has 1 rings (SSSR count). The van der Waals surface area contributed by atoms with Crippen molar-refractivity contribution in [2.45, 2.75) is 19.0 Å². The van der Waals surface area contributed by atoms with Crippen molar-refractivity contribution in [2.75, 3.05) is 6.61 Å². The second-order valence-electron chi connectivity index (χ2n) is 4.29. The standard InChI is InChI=1S/C13H17N3O5/c14-13(21)15-7-8-1-3-9(4-2-8)11(18)16-10(5-6-17)12(19)20/h1-4,10,17H,5-7H2,(H,16,18)(H,19,20)(H3,14,15,21). The van der Waals surface area contributed by atoms with Crippen LogP contribution in [0.5, 0.6) is 0 Å². The zero-order valence-electron chi connectivity index (χ0n) is 11.2. The Bertz CT molecular complexity index is 515. The minimum Gasteiger partial charge on any atom is -0.480 e. The maximum absolute atomic E-state index is 11.9. The lowest BCUT2D eigenvalue weighted by atomic mass is 10.1. The molecule has 0 aliphatic carbocycles. The van der Waals surface area contributed by atoms with Crippen LogP contribution in [0.2, 0.25) is 0 Å². The number of nitrogens with one attached hydrogen (secondary N) is 2. The molecule has 0 saturated carbocycles. The van der Waals surface area contributed by atoms with Gasteiger partial charge in [-0.2, -0.15) is 0 Å². The van der Waals surface area contributed by atoms with Gasteiger partial charge in [-0.15, -0.1) is 0 Å². The first-order valence-electron chi connectivity index (χ1n) is 6.20. The van der Waals surface area contributed by atoms with Gasteiger partial charge in [0.05, 0.1) is 0 Å². The molecule has 0 bridgehead atoms. The number of primary amides is 1. The summed E-state index contributed by atoms with van der Waals surface area (Å²) in [4.78, 5) is 33.3. The lowest BCUT2D eigenvalue weighted by Crippen LogP contribution is -2.41. The number of carboxylic acids is 1. The molecule has 1 unspecified atom stereocenters. The van der Waals surface area contributed by atoms with E-state index in [0.29, 0.717) is 0 Å².